The highest BCUT2D eigenvalue weighted by Gasteiger charge is 2.38. The van der Waals surface area contributed by atoms with Crippen LogP contribution in [0.3, 0.4) is 0 Å². The predicted molar refractivity (Wildman–Crippen MR) is 88.3 cm³/mol. The maximum absolute atomic E-state index is 12.5. The van der Waals surface area contributed by atoms with Crippen LogP contribution in [0.1, 0.15) is 50.8 Å². The molecule has 1 saturated carbocycles. The van der Waals surface area contributed by atoms with E-state index in [9.17, 15) is 4.79 Å². The Labute approximate surface area is 131 Å². The molecule has 0 radical (unpaired) electrons. The molecule has 114 valence electrons. The Kier molecular flexibility index (Phi) is 5.84. The minimum atomic E-state index is -0.424. The third kappa shape index (κ3) is 4.59. The van der Waals surface area contributed by atoms with Crippen molar-refractivity contribution in [2.45, 2.75) is 57.5 Å². The number of thiophene rings is 1. The third-order valence-corrected chi connectivity index (χ3v) is 4.59. The first-order valence-corrected chi connectivity index (χ1v) is 8.59. The van der Waals surface area contributed by atoms with Crippen molar-refractivity contribution >= 4 is 17.2 Å². The van der Waals surface area contributed by atoms with Crippen LogP contribution in [0.4, 0.5) is 0 Å². The quantitative estimate of drug-likeness (QED) is 0.840. The third-order valence-electron chi connectivity index (χ3n) is 3.81. The molecule has 1 aliphatic rings. The summed E-state index contributed by atoms with van der Waals surface area (Å²) in [5.41, 5.74) is -0.424. The zero-order valence-electron chi connectivity index (χ0n) is 12.9. The molecule has 3 nitrogen and oxygen atoms in total. The van der Waals surface area contributed by atoms with Gasteiger partial charge in [-0.15, -0.1) is 11.3 Å². The molecule has 0 atom stereocenters. The average molecular weight is 304 g/mol. The summed E-state index contributed by atoms with van der Waals surface area (Å²) in [5, 5.41) is 8.51. The predicted octanol–water partition coefficient (Wildman–Crippen LogP) is 2.92. The van der Waals surface area contributed by atoms with Crippen molar-refractivity contribution in [3.05, 3.63) is 22.4 Å². The molecule has 1 fully saturated rings. The number of hydrogen-bond acceptors (Lipinski definition) is 3. The Morgan fingerprint density at radius 3 is 2.76 bits per heavy atom. The fourth-order valence-corrected chi connectivity index (χ4v) is 3.33. The van der Waals surface area contributed by atoms with Gasteiger partial charge in [0.1, 0.15) is 0 Å². The molecule has 0 aliphatic heterocycles. The molecule has 21 heavy (non-hydrogen) atoms. The van der Waals surface area contributed by atoms with Crippen molar-refractivity contribution in [2.24, 2.45) is 0 Å². The summed E-state index contributed by atoms with van der Waals surface area (Å²) in [6.07, 6.45) is 5.26. The second-order valence-corrected chi connectivity index (χ2v) is 6.85. The minimum absolute atomic E-state index is 0.134. The molecule has 2 rings (SSSR count). The van der Waals surface area contributed by atoms with Crippen LogP contribution in [-0.2, 0) is 4.79 Å². The fourth-order valence-electron chi connectivity index (χ4n) is 2.73. The van der Waals surface area contributed by atoms with Gasteiger partial charge in [0.25, 0.3) is 0 Å². The summed E-state index contributed by atoms with van der Waals surface area (Å²) in [7, 11) is 0. The van der Waals surface area contributed by atoms with E-state index in [1.165, 1.54) is 6.42 Å². The Hall–Kier alpha value is -1.31. The number of amides is 1. The van der Waals surface area contributed by atoms with Crippen molar-refractivity contribution in [3.8, 4) is 11.8 Å². The highest BCUT2D eigenvalue weighted by molar-refractivity contribution is 7.10. The van der Waals surface area contributed by atoms with Gasteiger partial charge in [-0.2, -0.15) is 0 Å². The van der Waals surface area contributed by atoms with Gasteiger partial charge >= 0.3 is 0 Å². The van der Waals surface area contributed by atoms with Gasteiger partial charge in [0.15, 0.2) is 0 Å². The molecule has 0 saturated heterocycles. The molecule has 2 N–H and O–H groups in total. The van der Waals surface area contributed by atoms with E-state index in [1.54, 1.807) is 11.3 Å². The zero-order chi connectivity index (χ0) is 15.1. The van der Waals surface area contributed by atoms with Gasteiger partial charge in [0.2, 0.25) is 5.91 Å². The van der Waals surface area contributed by atoms with E-state index in [0.717, 1.165) is 30.6 Å². The van der Waals surface area contributed by atoms with Crippen molar-refractivity contribution in [2.75, 3.05) is 6.54 Å². The van der Waals surface area contributed by atoms with Crippen LogP contribution in [0.15, 0.2) is 17.5 Å². The number of carbonyl (C=O) groups is 1. The molecule has 0 unspecified atom stereocenters. The van der Waals surface area contributed by atoms with E-state index in [0.29, 0.717) is 6.54 Å². The summed E-state index contributed by atoms with van der Waals surface area (Å²) >= 11 is 1.64. The maximum atomic E-state index is 12.5. The van der Waals surface area contributed by atoms with Gasteiger partial charge in [-0.05, 0) is 38.1 Å². The smallest absolute Gasteiger partial charge is 0.240 e. The molecule has 0 spiro atoms. The summed E-state index contributed by atoms with van der Waals surface area (Å²) in [4.78, 5) is 13.6. The fraction of sp³-hybridized carbons (Fsp3) is 0.588. The molecule has 1 heterocycles. The average Bonchev–Trinajstić information content (AvgIpc) is 2.97. The topological polar surface area (TPSA) is 41.1 Å². The SMILES string of the molecule is CC(C)NC(=O)C1(NCC#Cc2cccs2)CCCCC1. The van der Waals surface area contributed by atoms with Crippen LogP contribution in [0.25, 0.3) is 0 Å². The van der Waals surface area contributed by atoms with Crippen molar-refractivity contribution in [1.29, 1.82) is 0 Å². The second-order valence-electron chi connectivity index (χ2n) is 5.90. The number of rotatable bonds is 4. The van der Waals surface area contributed by atoms with Gasteiger partial charge in [0.05, 0.1) is 17.0 Å². The molecule has 1 amide bonds. The van der Waals surface area contributed by atoms with Crippen LogP contribution in [0.2, 0.25) is 0 Å². The molecule has 4 heteroatoms. The zero-order valence-corrected chi connectivity index (χ0v) is 13.7. The van der Waals surface area contributed by atoms with E-state index in [4.69, 9.17) is 0 Å². The Bertz CT molecular complexity index is 505. The highest BCUT2D eigenvalue weighted by atomic mass is 32.1. The van der Waals surface area contributed by atoms with Gasteiger partial charge in [-0.25, -0.2) is 0 Å². The van der Waals surface area contributed by atoms with Gasteiger partial charge in [-0.1, -0.05) is 37.2 Å². The number of nitrogens with one attached hydrogen (secondary N) is 2. The van der Waals surface area contributed by atoms with Crippen LogP contribution in [-0.4, -0.2) is 24.0 Å². The highest BCUT2D eigenvalue weighted by Crippen LogP contribution is 2.28. The minimum Gasteiger partial charge on any atom is -0.352 e. The lowest BCUT2D eigenvalue weighted by Gasteiger charge is -2.36. The second kappa shape index (κ2) is 7.63. The molecule has 1 aromatic rings. The van der Waals surface area contributed by atoms with E-state index in [2.05, 4.69) is 22.5 Å². The van der Waals surface area contributed by atoms with E-state index < -0.39 is 5.54 Å². The van der Waals surface area contributed by atoms with Crippen LogP contribution >= 0.6 is 11.3 Å². The standard InChI is InChI=1S/C17H24N2OS/c1-14(2)19-16(20)17(10-4-3-5-11-17)18-12-6-8-15-9-7-13-21-15/h7,9,13-14,18H,3-5,10-12H2,1-2H3,(H,19,20). The van der Waals surface area contributed by atoms with Crippen LogP contribution in [0.5, 0.6) is 0 Å². The molecule has 0 aromatic carbocycles. The van der Waals surface area contributed by atoms with Gasteiger partial charge in [0, 0.05) is 6.04 Å². The van der Waals surface area contributed by atoms with Gasteiger partial charge in [-0.3, -0.25) is 10.1 Å². The Morgan fingerprint density at radius 1 is 1.38 bits per heavy atom. The van der Waals surface area contributed by atoms with E-state index in [1.807, 2.05) is 31.4 Å². The summed E-state index contributed by atoms with van der Waals surface area (Å²) in [6.45, 7) is 4.57. The summed E-state index contributed by atoms with van der Waals surface area (Å²) in [6, 6.07) is 4.19. The monoisotopic (exact) mass is 304 g/mol. The first-order chi connectivity index (χ1) is 10.1. The van der Waals surface area contributed by atoms with Gasteiger partial charge < -0.3 is 5.32 Å². The van der Waals surface area contributed by atoms with Crippen molar-refractivity contribution in [1.82, 2.24) is 10.6 Å². The van der Waals surface area contributed by atoms with E-state index >= 15 is 0 Å². The molecule has 1 aromatic heterocycles. The van der Waals surface area contributed by atoms with Crippen molar-refractivity contribution in [3.63, 3.8) is 0 Å². The maximum Gasteiger partial charge on any atom is 0.240 e. The number of carbonyl (C=O) groups excluding carboxylic acids is 1. The van der Waals surface area contributed by atoms with Crippen molar-refractivity contribution < 1.29 is 4.79 Å². The Balaban J connectivity index is 1.97. The molecular formula is C17H24N2OS. The lowest BCUT2D eigenvalue weighted by molar-refractivity contribution is -0.129. The Morgan fingerprint density at radius 2 is 2.14 bits per heavy atom. The van der Waals surface area contributed by atoms with E-state index in [-0.39, 0.29) is 11.9 Å². The number of hydrogen-bond donors (Lipinski definition) is 2. The van der Waals surface area contributed by atoms with Crippen LogP contribution < -0.4 is 10.6 Å². The lowest BCUT2D eigenvalue weighted by atomic mass is 9.80. The molecular weight excluding hydrogens is 280 g/mol. The first-order valence-electron chi connectivity index (χ1n) is 7.71. The lowest BCUT2D eigenvalue weighted by Crippen LogP contribution is -2.59. The largest absolute Gasteiger partial charge is 0.352 e. The molecule has 1 aliphatic carbocycles. The first kappa shape index (κ1) is 16.1. The normalized spacial score (nSPS) is 17.1. The van der Waals surface area contributed by atoms with Crippen LogP contribution in [0, 0.1) is 11.8 Å². The molecule has 0 bridgehead atoms. The summed E-state index contributed by atoms with van der Waals surface area (Å²) < 4.78 is 0. The summed E-state index contributed by atoms with van der Waals surface area (Å²) in [5.74, 6) is 6.41.